The van der Waals surface area contributed by atoms with Crippen LogP contribution in [0, 0.1) is 0 Å². The number of hydrogen-bond acceptors (Lipinski definition) is 4. The Morgan fingerprint density at radius 3 is 2.45 bits per heavy atom. The second-order valence-corrected chi connectivity index (χ2v) is 8.45. The average molecular weight is 407 g/mol. The van der Waals surface area contributed by atoms with Crippen LogP contribution >= 0.6 is 11.6 Å². The molecule has 2 heterocycles. The fraction of sp³-hybridized carbons (Fsp3) is 0.333. The molecule has 29 heavy (non-hydrogen) atoms. The summed E-state index contributed by atoms with van der Waals surface area (Å²) in [5, 5.41) is 2.58. The summed E-state index contributed by atoms with van der Waals surface area (Å²) in [7, 11) is 0. The van der Waals surface area contributed by atoms with E-state index < -0.39 is 0 Å². The van der Waals surface area contributed by atoms with E-state index in [0.29, 0.717) is 5.15 Å². The monoisotopic (exact) mass is 406 g/mol. The quantitative estimate of drug-likeness (QED) is 0.435. The molecular formula is C24H23ClN2O2. The fourth-order valence-electron chi connectivity index (χ4n) is 4.29. The van der Waals surface area contributed by atoms with Crippen molar-refractivity contribution in [1.82, 2.24) is 9.88 Å². The van der Waals surface area contributed by atoms with Crippen molar-refractivity contribution in [1.29, 1.82) is 0 Å². The van der Waals surface area contributed by atoms with E-state index in [1.807, 2.05) is 24.3 Å². The van der Waals surface area contributed by atoms with Gasteiger partial charge in [-0.3, -0.25) is 4.90 Å². The zero-order chi connectivity index (χ0) is 19.8. The predicted octanol–water partition coefficient (Wildman–Crippen LogP) is 5.13. The van der Waals surface area contributed by atoms with Crippen molar-refractivity contribution < 1.29 is 9.53 Å². The Bertz CT molecular complexity index is 1040. The summed E-state index contributed by atoms with van der Waals surface area (Å²) in [6, 6.07) is 16.5. The van der Waals surface area contributed by atoms with E-state index in [1.165, 1.54) is 0 Å². The lowest BCUT2D eigenvalue weighted by Crippen LogP contribution is -2.46. The first kappa shape index (κ1) is 18.6. The maximum absolute atomic E-state index is 11.3. The Balaban J connectivity index is 1.25. The van der Waals surface area contributed by atoms with Crippen LogP contribution < -0.4 is 4.74 Å². The topological polar surface area (TPSA) is 42.4 Å². The normalized spacial score (nSPS) is 19.2. The maximum Gasteiger partial charge on any atom is 0.140 e. The molecule has 5 heteroatoms. The molecule has 1 aliphatic carbocycles. The van der Waals surface area contributed by atoms with Gasteiger partial charge in [-0.1, -0.05) is 35.9 Å². The number of hydrogen-bond donors (Lipinski definition) is 0. The first-order valence-corrected chi connectivity index (χ1v) is 10.6. The van der Waals surface area contributed by atoms with Gasteiger partial charge in [-0.2, -0.15) is 0 Å². The van der Waals surface area contributed by atoms with Crippen molar-refractivity contribution in [3.8, 4) is 16.9 Å². The molecule has 2 aromatic carbocycles. The van der Waals surface area contributed by atoms with Crippen molar-refractivity contribution in [2.75, 3.05) is 13.1 Å². The number of likely N-dealkylation sites (tertiary alicyclic amines) is 1. The standard InChI is InChI=1S/C24H23ClN2O2/c25-23-22-6-3-18(15-19(22)7-12-26-23)17-1-4-20(5-2-17)29-21-8-13-27(14-9-21)24(16-28)10-11-24/h1-7,12,15-16,21H,8-11,13-14H2. The maximum atomic E-state index is 11.3. The minimum absolute atomic E-state index is 0.146. The molecule has 4 nitrogen and oxygen atoms in total. The number of fused-ring (bicyclic) bond motifs is 1. The lowest BCUT2D eigenvalue weighted by molar-refractivity contribution is -0.114. The molecule has 2 aliphatic rings. The molecule has 1 saturated carbocycles. The summed E-state index contributed by atoms with van der Waals surface area (Å²) in [6.45, 7) is 1.88. The number of ether oxygens (including phenoxy) is 1. The summed E-state index contributed by atoms with van der Waals surface area (Å²) in [5.74, 6) is 0.900. The van der Waals surface area contributed by atoms with Crippen LogP contribution in [0.3, 0.4) is 0 Å². The Morgan fingerprint density at radius 2 is 1.76 bits per heavy atom. The Hall–Kier alpha value is -2.43. The van der Waals surface area contributed by atoms with Gasteiger partial charge in [0.15, 0.2) is 0 Å². The molecule has 0 bridgehead atoms. The number of aromatic nitrogens is 1. The molecular weight excluding hydrogens is 384 g/mol. The van der Waals surface area contributed by atoms with Crippen molar-refractivity contribution in [2.45, 2.75) is 37.3 Å². The highest BCUT2D eigenvalue weighted by molar-refractivity contribution is 6.34. The van der Waals surface area contributed by atoms with E-state index in [0.717, 1.165) is 72.7 Å². The van der Waals surface area contributed by atoms with Gasteiger partial charge in [-0.15, -0.1) is 0 Å². The van der Waals surface area contributed by atoms with E-state index in [-0.39, 0.29) is 11.6 Å². The molecule has 3 aromatic rings. The van der Waals surface area contributed by atoms with Gasteiger partial charge < -0.3 is 9.53 Å². The van der Waals surface area contributed by atoms with E-state index >= 15 is 0 Å². The highest BCUT2D eigenvalue weighted by atomic mass is 35.5. The van der Waals surface area contributed by atoms with Crippen LogP contribution in [-0.2, 0) is 4.79 Å². The summed E-state index contributed by atoms with van der Waals surface area (Å²) in [5.41, 5.74) is 2.14. The summed E-state index contributed by atoms with van der Waals surface area (Å²) in [4.78, 5) is 17.8. The van der Waals surface area contributed by atoms with Crippen LogP contribution in [0.2, 0.25) is 5.15 Å². The van der Waals surface area contributed by atoms with Crippen LogP contribution in [0.4, 0.5) is 0 Å². The number of carbonyl (C=O) groups excluding carboxylic acids is 1. The first-order valence-electron chi connectivity index (χ1n) is 10.2. The molecule has 0 amide bonds. The molecule has 0 atom stereocenters. The molecule has 1 aromatic heterocycles. The van der Waals surface area contributed by atoms with Gasteiger partial charge in [-0.05, 0) is 66.5 Å². The summed E-state index contributed by atoms with van der Waals surface area (Å²) < 4.78 is 6.21. The first-order chi connectivity index (χ1) is 14.2. The minimum Gasteiger partial charge on any atom is -0.490 e. The van der Waals surface area contributed by atoms with Crippen LogP contribution in [0.15, 0.2) is 54.7 Å². The average Bonchev–Trinajstić information content (AvgIpc) is 3.56. The largest absolute Gasteiger partial charge is 0.490 e. The molecule has 0 spiro atoms. The van der Waals surface area contributed by atoms with Gasteiger partial charge in [0.2, 0.25) is 0 Å². The molecule has 5 rings (SSSR count). The van der Waals surface area contributed by atoms with Crippen molar-refractivity contribution in [2.24, 2.45) is 0 Å². The van der Waals surface area contributed by atoms with Crippen molar-refractivity contribution in [3.05, 3.63) is 59.9 Å². The summed E-state index contributed by atoms with van der Waals surface area (Å²) >= 11 is 6.17. The highest BCUT2D eigenvalue weighted by Gasteiger charge is 2.48. The van der Waals surface area contributed by atoms with Gasteiger partial charge in [0.25, 0.3) is 0 Å². The van der Waals surface area contributed by atoms with E-state index in [9.17, 15) is 4.79 Å². The Labute approximate surface area is 175 Å². The molecule has 1 aliphatic heterocycles. The van der Waals surface area contributed by atoms with E-state index in [4.69, 9.17) is 16.3 Å². The van der Waals surface area contributed by atoms with Gasteiger partial charge >= 0.3 is 0 Å². The Morgan fingerprint density at radius 1 is 1.03 bits per heavy atom. The third kappa shape index (κ3) is 3.63. The van der Waals surface area contributed by atoms with Gasteiger partial charge in [-0.25, -0.2) is 4.98 Å². The summed E-state index contributed by atoms with van der Waals surface area (Å²) in [6.07, 6.45) is 7.06. The smallest absolute Gasteiger partial charge is 0.140 e. The highest BCUT2D eigenvalue weighted by Crippen LogP contribution is 2.41. The number of pyridine rings is 1. The number of halogens is 1. The fourth-order valence-corrected chi connectivity index (χ4v) is 4.52. The van der Waals surface area contributed by atoms with Crippen LogP contribution in [0.5, 0.6) is 5.75 Å². The molecule has 0 radical (unpaired) electrons. The second-order valence-electron chi connectivity index (χ2n) is 8.09. The second kappa shape index (κ2) is 7.43. The van der Waals surface area contributed by atoms with E-state index in [2.05, 4.69) is 34.1 Å². The number of piperidine rings is 1. The molecule has 2 fully saturated rings. The van der Waals surface area contributed by atoms with Crippen LogP contribution in [0.25, 0.3) is 21.9 Å². The number of aldehydes is 1. The number of benzene rings is 2. The minimum atomic E-state index is -0.146. The zero-order valence-electron chi connectivity index (χ0n) is 16.2. The lowest BCUT2D eigenvalue weighted by Gasteiger charge is -2.35. The van der Waals surface area contributed by atoms with Crippen molar-refractivity contribution >= 4 is 28.7 Å². The number of carbonyl (C=O) groups is 1. The van der Waals surface area contributed by atoms with Gasteiger partial charge in [0.05, 0.1) is 5.54 Å². The van der Waals surface area contributed by atoms with Gasteiger partial charge in [0.1, 0.15) is 23.3 Å². The van der Waals surface area contributed by atoms with Crippen LogP contribution in [0.1, 0.15) is 25.7 Å². The van der Waals surface area contributed by atoms with E-state index in [1.54, 1.807) is 6.20 Å². The third-order valence-electron chi connectivity index (χ3n) is 6.26. The molecule has 148 valence electrons. The van der Waals surface area contributed by atoms with Crippen molar-refractivity contribution in [3.63, 3.8) is 0 Å². The molecule has 0 N–H and O–H groups in total. The predicted molar refractivity (Wildman–Crippen MR) is 115 cm³/mol. The van der Waals surface area contributed by atoms with Gasteiger partial charge in [0, 0.05) is 24.7 Å². The molecule has 0 unspecified atom stereocenters. The zero-order valence-corrected chi connectivity index (χ0v) is 16.9. The lowest BCUT2D eigenvalue weighted by atomic mass is 10.0. The number of rotatable bonds is 5. The SMILES string of the molecule is O=CC1(N2CCC(Oc3ccc(-c4ccc5c(Cl)nccc5c4)cc3)CC2)CC1. The Kier molecular flexibility index (Phi) is 4.76. The molecule has 1 saturated heterocycles. The van der Waals surface area contributed by atoms with Crippen LogP contribution in [-0.4, -0.2) is 40.9 Å². The number of nitrogens with zero attached hydrogens (tertiary/aromatic N) is 2. The third-order valence-corrected chi connectivity index (χ3v) is 6.56.